The number of benzene rings is 3. The Hall–Kier alpha value is -4.19. The molecule has 4 rings (SSSR count). The van der Waals surface area contributed by atoms with E-state index in [4.69, 9.17) is 0 Å². The van der Waals surface area contributed by atoms with Crippen molar-refractivity contribution in [3.05, 3.63) is 89.2 Å². The molecule has 0 saturated heterocycles. The molecule has 1 amide bonds. The minimum absolute atomic E-state index is 0.0480. The fourth-order valence-electron chi connectivity index (χ4n) is 4.23. The molecule has 0 aliphatic heterocycles. The topological polar surface area (TPSA) is 61.4 Å². The van der Waals surface area contributed by atoms with Crippen LogP contribution >= 0.6 is 0 Å². The van der Waals surface area contributed by atoms with E-state index in [2.05, 4.69) is 15.3 Å². The number of anilines is 1. The van der Waals surface area contributed by atoms with Crippen LogP contribution in [0.4, 0.5) is 32.3 Å². The zero-order chi connectivity index (χ0) is 29.9. The molecule has 0 spiro atoms. The number of carbonyl (C=O) groups excluding carboxylic acids is 1. The first-order valence-electron chi connectivity index (χ1n) is 12.5. The van der Waals surface area contributed by atoms with E-state index in [1.807, 2.05) is 55.4 Å². The highest BCUT2D eigenvalue weighted by molar-refractivity contribution is 6.00. The van der Waals surface area contributed by atoms with Crippen molar-refractivity contribution < 1.29 is 31.1 Å². The summed E-state index contributed by atoms with van der Waals surface area (Å²) in [5.74, 6) is -0.538. The SMILES string of the molecule is CN(C)CCNc1ncc(-c2ccc3ccccc3c2)c(C(=O)N(C)Cc2cc(C(F)(F)F)cc(C(F)(F)F)c2)n1. The first-order chi connectivity index (χ1) is 19.2. The zero-order valence-corrected chi connectivity index (χ0v) is 22.4. The highest BCUT2D eigenvalue weighted by Crippen LogP contribution is 2.37. The molecule has 0 fully saturated rings. The Balaban J connectivity index is 1.72. The molecule has 1 N–H and O–H groups in total. The van der Waals surface area contributed by atoms with Gasteiger partial charge in [-0.15, -0.1) is 0 Å². The van der Waals surface area contributed by atoms with Gasteiger partial charge >= 0.3 is 12.4 Å². The van der Waals surface area contributed by atoms with Crippen molar-refractivity contribution in [2.75, 3.05) is 39.5 Å². The molecule has 0 saturated carbocycles. The van der Waals surface area contributed by atoms with Crippen LogP contribution in [0.25, 0.3) is 21.9 Å². The standard InChI is InChI=1S/C29H27F6N5O/c1-39(2)11-10-36-27-37-16-24(21-9-8-19-6-4-5-7-20(19)14-21)25(38-27)26(41)40(3)17-18-12-22(28(30,31)32)15-23(13-18)29(33,34)35/h4-9,12-16H,10-11,17H2,1-3H3,(H,36,37,38). The summed E-state index contributed by atoms with van der Waals surface area (Å²) >= 11 is 0. The number of nitrogens with one attached hydrogen (secondary N) is 1. The van der Waals surface area contributed by atoms with Crippen LogP contribution in [0.5, 0.6) is 0 Å². The van der Waals surface area contributed by atoms with Crippen molar-refractivity contribution in [1.82, 2.24) is 19.8 Å². The fraction of sp³-hybridized carbons (Fsp3) is 0.276. The van der Waals surface area contributed by atoms with E-state index in [0.29, 0.717) is 36.3 Å². The Morgan fingerprint density at radius 2 is 1.49 bits per heavy atom. The van der Waals surface area contributed by atoms with Crippen molar-refractivity contribution in [3.8, 4) is 11.1 Å². The monoisotopic (exact) mass is 575 g/mol. The second-order valence-corrected chi connectivity index (χ2v) is 9.82. The maximum absolute atomic E-state index is 13.7. The van der Waals surface area contributed by atoms with Gasteiger partial charge in [-0.1, -0.05) is 36.4 Å². The van der Waals surface area contributed by atoms with Gasteiger partial charge in [0.05, 0.1) is 11.1 Å². The lowest BCUT2D eigenvalue weighted by Crippen LogP contribution is -2.29. The molecule has 0 aliphatic rings. The average molecular weight is 576 g/mol. The first kappa shape index (κ1) is 29.8. The molecule has 0 unspecified atom stereocenters. The van der Waals surface area contributed by atoms with Gasteiger partial charge in [0, 0.05) is 38.4 Å². The number of carbonyl (C=O) groups is 1. The first-order valence-corrected chi connectivity index (χ1v) is 12.5. The van der Waals surface area contributed by atoms with Crippen LogP contribution in [0.2, 0.25) is 0 Å². The number of hydrogen-bond acceptors (Lipinski definition) is 5. The largest absolute Gasteiger partial charge is 0.416 e. The van der Waals surface area contributed by atoms with Gasteiger partial charge in [-0.05, 0) is 60.3 Å². The Kier molecular flexibility index (Phi) is 8.52. The third-order valence-electron chi connectivity index (χ3n) is 6.31. The highest BCUT2D eigenvalue weighted by Gasteiger charge is 2.37. The number of aromatic nitrogens is 2. The lowest BCUT2D eigenvalue weighted by molar-refractivity contribution is -0.143. The predicted molar refractivity (Wildman–Crippen MR) is 144 cm³/mol. The summed E-state index contributed by atoms with van der Waals surface area (Å²) in [6.07, 6.45) is -8.52. The minimum Gasteiger partial charge on any atom is -0.353 e. The minimum atomic E-state index is -5.00. The number of likely N-dealkylation sites (N-methyl/N-ethyl adjacent to an activating group) is 1. The fourth-order valence-corrected chi connectivity index (χ4v) is 4.23. The molecule has 0 atom stereocenters. The summed E-state index contributed by atoms with van der Waals surface area (Å²) in [5, 5.41) is 4.90. The lowest BCUT2D eigenvalue weighted by atomic mass is 10.0. The van der Waals surface area contributed by atoms with E-state index < -0.39 is 35.9 Å². The number of alkyl halides is 6. The van der Waals surface area contributed by atoms with Gasteiger partial charge in [-0.2, -0.15) is 26.3 Å². The molecule has 4 aromatic rings. The van der Waals surface area contributed by atoms with E-state index >= 15 is 0 Å². The molecule has 0 bridgehead atoms. The summed E-state index contributed by atoms with van der Waals surface area (Å²) in [7, 11) is 5.06. The van der Waals surface area contributed by atoms with Gasteiger partial charge < -0.3 is 15.1 Å². The Morgan fingerprint density at radius 3 is 2.10 bits per heavy atom. The van der Waals surface area contributed by atoms with Crippen molar-refractivity contribution in [1.29, 1.82) is 0 Å². The van der Waals surface area contributed by atoms with Gasteiger partial charge in [0.15, 0.2) is 0 Å². The predicted octanol–water partition coefficient (Wildman–Crippen LogP) is 6.58. The summed E-state index contributed by atoms with van der Waals surface area (Å²) in [4.78, 5) is 25.4. The molecule has 0 radical (unpaired) electrons. The molecule has 0 aliphatic carbocycles. The van der Waals surface area contributed by atoms with Crippen molar-refractivity contribution in [2.24, 2.45) is 0 Å². The normalized spacial score (nSPS) is 12.1. The number of rotatable bonds is 8. The molecule has 216 valence electrons. The van der Waals surface area contributed by atoms with E-state index in [-0.39, 0.29) is 23.3 Å². The average Bonchev–Trinajstić information content (AvgIpc) is 2.91. The van der Waals surface area contributed by atoms with Crippen LogP contribution in [0.3, 0.4) is 0 Å². The summed E-state index contributed by atoms with van der Waals surface area (Å²) in [5.41, 5.74) is -2.28. The molecule has 1 aromatic heterocycles. The Morgan fingerprint density at radius 1 is 0.854 bits per heavy atom. The number of hydrogen-bond donors (Lipinski definition) is 1. The molecule has 3 aromatic carbocycles. The number of amides is 1. The summed E-state index contributed by atoms with van der Waals surface area (Å²) in [6, 6.07) is 14.4. The maximum atomic E-state index is 13.7. The van der Waals surface area contributed by atoms with Crippen molar-refractivity contribution in [2.45, 2.75) is 18.9 Å². The quantitative estimate of drug-likeness (QED) is 0.241. The lowest BCUT2D eigenvalue weighted by Gasteiger charge is -2.21. The third-order valence-corrected chi connectivity index (χ3v) is 6.31. The zero-order valence-electron chi connectivity index (χ0n) is 22.4. The number of halogens is 6. The molecule has 1 heterocycles. The van der Waals surface area contributed by atoms with Crippen LogP contribution < -0.4 is 5.32 Å². The number of nitrogens with zero attached hydrogens (tertiary/aromatic N) is 4. The van der Waals surface area contributed by atoms with Crippen molar-refractivity contribution in [3.63, 3.8) is 0 Å². The molecular formula is C29H27F6N5O. The van der Waals surface area contributed by atoms with Gasteiger partial charge in [-0.25, -0.2) is 9.97 Å². The van der Waals surface area contributed by atoms with Crippen LogP contribution in [0, 0.1) is 0 Å². The molecule has 41 heavy (non-hydrogen) atoms. The van der Waals surface area contributed by atoms with E-state index in [9.17, 15) is 31.1 Å². The van der Waals surface area contributed by atoms with Crippen molar-refractivity contribution >= 4 is 22.6 Å². The maximum Gasteiger partial charge on any atom is 0.416 e. The van der Waals surface area contributed by atoms with Crippen LogP contribution in [-0.4, -0.2) is 59.9 Å². The highest BCUT2D eigenvalue weighted by atomic mass is 19.4. The number of fused-ring (bicyclic) bond motifs is 1. The van der Waals surface area contributed by atoms with Gasteiger partial charge in [0.1, 0.15) is 5.69 Å². The summed E-state index contributed by atoms with van der Waals surface area (Å²) in [6.45, 7) is 0.600. The van der Waals surface area contributed by atoms with Gasteiger partial charge in [0.2, 0.25) is 5.95 Å². The van der Waals surface area contributed by atoms with E-state index in [1.54, 1.807) is 6.07 Å². The summed E-state index contributed by atoms with van der Waals surface area (Å²) < 4.78 is 80.2. The van der Waals surface area contributed by atoms with Crippen LogP contribution in [-0.2, 0) is 18.9 Å². The smallest absolute Gasteiger partial charge is 0.353 e. The van der Waals surface area contributed by atoms with Crippen LogP contribution in [0.1, 0.15) is 27.2 Å². The van der Waals surface area contributed by atoms with Crippen LogP contribution in [0.15, 0.2) is 66.9 Å². The Bertz CT molecular complexity index is 1520. The van der Waals surface area contributed by atoms with E-state index in [1.165, 1.54) is 13.2 Å². The molecular weight excluding hydrogens is 548 g/mol. The van der Waals surface area contributed by atoms with Gasteiger partial charge in [0.25, 0.3) is 5.91 Å². The molecule has 6 nitrogen and oxygen atoms in total. The third kappa shape index (κ3) is 7.31. The second-order valence-electron chi connectivity index (χ2n) is 9.82. The second kappa shape index (κ2) is 11.7. The van der Waals surface area contributed by atoms with Gasteiger partial charge in [-0.3, -0.25) is 4.79 Å². The molecule has 12 heteroatoms. The van der Waals surface area contributed by atoms with E-state index in [0.717, 1.165) is 15.7 Å². The Labute approximate surface area is 232 Å².